The third-order valence-electron chi connectivity index (χ3n) is 2.28. The van der Waals surface area contributed by atoms with Crippen molar-refractivity contribution in [2.75, 3.05) is 0 Å². The van der Waals surface area contributed by atoms with Crippen LogP contribution in [0.15, 0.2) is 44.6 Å². The minimum absolute atomic E-state index is 0.151. The van der Waals surface area contributed by atoms with Crippen LogP contribution in [0.5, 0.6) is 0 Å². The number of rotatable bonds is 2. The second-order valence-corrected chi connectivity index (χ2v) is 6.25. The number of nitriles is 1. The number of nitrogens with zero attached hydrogens (tertiary/aromatic N) is 1. The van der Waals surface area contributed by atoms with E-state index in [0.717, 1.165) is 11.8 Å². The van der Waals surface area contributed by atoms with Gasteiger partial charge in [0, 0.05) is 14.8 Å². The third kappa shape index (κ3) is 3.24. The van der Waals surface area contributed by atoms with E-state index in [0.29, 0.717) is 19.8 Å². The molecule has 0 aliphatic rings. The maximum atomic E-state index is 14.1. The Morgan fingerprint density at radius 2 is 1.89 bits per heavy atom. The molecule has 1 nitrogen and oxygen atoms in total. The van der Waals surface area contributed by atoms with Gasteiger partial charge in [0.15, 0.2) is 5.82 Å². The SMILES string of the molecule is N#Cc1ccc(Sc2cc(Cl)ccc2Cl)c(F)c1Br. The van der Waals surface area contributed by atoms with E-state index in [2.05, 4.69) is 15.9 Å². The molecule has 0 amide bonds. The summed E-state index contributed by atoms with van der Waals surface area (Å²) in [6, 6.07) is 9.98. The van der Waals surface area contributed by atoms with Gasteiger partial charge < -0.3 is 0 Å². The van der Waals surface area contributed by atoms with Crippen molar-refractivity contribution in [1.29, 1.82) is 5.26 Å². The summed E-state index contributed by atoms with van der Waals surface area (Å²) in [6.45, 7) is 0. The van der Waals surface area contributed by atoms with Gasteiger partial charge in [-0.1, -0.05) is 35.0 Å². The Morgan fingerprint density at radius 1 is 1.16 bits per heavy atom. The van der Waals surface area contributed by atoms with Crippen molar-refractivity contribution >= 4 is 50.9 Å². The van der Waals surface area contributed by atoms with Crippen molar-refractivity contribution in [3.63, 3.8) is 0 Å². The molecule has 19 heavy (non-hydrogen) atoms. The zero-order valence-corrected chi connectivity index (χ0v) is 13.2. The second-order valence-electron chi connectivity index (χ2n) is 3.53. The van der Waals surface area contributed by atoms with Crippen molar-refractivity contribution in [2.45, 2.75) is 9.79 Å². The van der Waals surface area contributed by atoms with E-state index >= 15 is 0 Å². The van der Waals surface area contributed by atoms with Crippen LogP contribution in [0.4, 0.5) is 4.39 Å². The molecule has 0 atom stereocenters. The normalized spacial score (nSPS) is 10.3. The quantitative estimate of drug-likeness (QED) is 0.649. The molecule has 96 valence electrons. The van der Waals surface area contributed by atoms with E-state index in [1.54, 1.807) is 30.3 Å². The van der Waals surface area contributed by atoms with Crippen LogP contribution in [0.1, 0.15) is 5.56 Å². The molecule has 2 aromatic carbocycles. The van der Waals surface area contributed by atoms with E-state index in [9.17, 15) is 4.39 Å². The fourth-order valence-corrected chi connectivity index (χ4v) is 3.32. The molecule has 0 aliphatic heterocycles. The summed E-state index contributed by atoms with van der Waals surface area (Å²) in [6.07, 6.45) is 0. The van der Waals surface area contributed by atoms with Crippen LogP contribution in [0, 0.1) is 17.1 Å². The molecular formula is C13H5BrCl2FNS. The van der Waals surface area contributed by atoms with Crippen molar-refractivity contribution in [2.24, 2.45) is 0 Å². The first-order chi connectivity index (χ1) is 9.02. The molecule has 0 fully saturated rings. The first-order valence-electron chi connectivity index (χ1n) is 5.04. The molecular weight excluding hydrogens is 372 g/mol. The predicted octanol–water partition coefficient (Wildman–Crippen LogP) is 5.92. The zero-order valence-electron chi connectivity index (χ0n) is 9.25. The van der Waals surface area contributed by atoms with E-state index < -0.39 is 5.82 Å². The summed E-state index contributed by atoms with van der Waals surface area (Å²) in [5, 5.41) is 9.83. The molecule has 0 aromatic heterocycles. The van der Waals surface area contributed by atoms with Gasteiger partial charge in [-0.05, 0) is 46.3 Å². The van der Waals surface area contributed by atoms with Crippen LogP contribution in [-0.4, -0.2) is 0 Å². The number of benzene rings is 2. The molecule has 2 aromatic rings. The Labute approximate surface area is 132 Å². The first kappa shape index (κ1) is 14.7. The van der Waals surface area contributed by atoms with Crippen LogP contribution in [0.3, 0.4) is 0 Å². The third-order valence-corrected chi connectivity index (χ3v) is 4.83. The van der Waals surface area contributed by atoms with E-state index in [1.807, 2.05) is 6.07 Å². The smallest absolute Gasteiger partial charge is 0.152 e. The molecule has 0 heterocycles. The highest BCUT2D eigenvalue weighted by molar-refractivity contribution is 9.10. The Bertz CT molecular complexity index is 685. The summed E-state index contributed by atoms with van der Waals surface area (Å²) >= 11 is 16.1. The van der Waals surface area contributed by atoms with Crippen LogP contribution >= 0.6 is 50.9 Å². The van der Waals surface area contributed by atoms with Crippen molar-refractivity contribution < 1.29 is 4.39 Å². The lowest BCUT2D eigenvalue weighted by molar-refractivity contribution is 0.594. The highest BCUT2D eigenvalue weighted by atomic mass is 79.9. The molecule has 0 bridgehead atoms. The van der Waals surface area contributed by atoms with Crippen molar-refractivity contribution in [3.05, 3.63) is 56.2 Å². The summed E-state index contributed by atoms with van der Waals surface area (Å²) in [7, 11) is 0. The van der Waals surface area contributed by atoms with Gasteiger partial charge in [0.1, 0.15) is 6.07 Å². The molecule has 6 heteroatoms. The molecule has 0 N–H and O–H groups in total. The van der Waals surface area contributed by atoms with Crippen LogP contribution in [-0.2, 0) is 0 Å². The van der Waals surface area contributed by atoms with Crippen LogP contribution in [0.25, 0.3) is 0 Å². The second kappa shape index (κ2) is 6.15. The molecule has 0 spiro atoms. The number of halogens is 4. The molecule has 0 unspecified atom stereocenters. The van der Waals surface area contributed by atoms with Gasteiger partial charge in [-0.3, -0.25) is 0 Å². The topological polar surface area (TPSA) is 23.8 Å². The fourth-order valence-electron chi connectivity index (χ4n) is 1.37. The number of hydrogen-bond acceptors (Lipinski definition) is 2. The van der Waals surface area contributed by atoms with Crippen LogP contribution in [0.2, 0.25) is 10.0 Å². The summed E-state index contributed by atoms with van der Waals surface area (Å²) in [5.74, 6) is -0.486. The Kier molecular flexibility index (Phi) is 4.75. The van der Waals surface area contributed by atoms with Crippen molar-refractivity contribution in [1.82, 2.24) is 0 Å². The molecule has 0 radical (unpaired) electrons. The van der Waals surface area contributed by atoms with E-state index in [1.165, 1.54) is 0 Å². The van der Waals surface area contributed by atoms with Gasteiger partial charge >= 0.3 is 0 Å². The van der Waals surface area contributed by atoms with Gasteiger partial charge in [0.25, 0.3) is 0 Å². The summed E-state index contributed by atoms with van der Waals surface area (Å²) < 4.78 is 14.2. The van der Waals surface area contributed by atoms with Gasteiger partial charge in [-0.2, -0.15) is 5.26 Å². The van der Waals surface area contributed by atoms with E-state index in [-0.39, 0.29) is 10.0 Å². The van der Waals surface area contributed by atoms with Crippen LogP contribution < -0.4 is 0 Å². The number of hydrogen-bond donors (Lipinski definition) is 0. The monoisotopic (exact) mass is 375 g/mol. The Morgan fingerprint density at radius 3 is 2.58 bits per heavy atom. The Hall–Kier alpha value is -0.730. The molecule has 0 aliphatic carbocycles. The maximum Gasteiger partial charge on any atom is 0.152 e. The maximum absolute atomic E-state index is 14.1. The molecule has 0 saturated carbocycles. The van der Waals surface area contributed by atoms with E-state index in [4.69, 9.17) is 28.5 Å². The Balaban J connectivity index is 2.42. The first-order valence-corrected chi connectivity index (χ1v) is 7.40. The molecule has 2 rings (SSSR count). The van der Waals surface area contributed by atoms with Gasteiger partial charge in [-0.25, -0.2) is 4.39 Å². The minimum Gasteiger partial charge on any atom is -0.204 e. The average Bonchev–Trinajstić information content (AvgIpc) is 2.39. The summed E-state index contributed by atoms with van der Waals surface area (Å²) in [5.41, 5.74) is 0.249. The largest absolute Gasteiger partial charge is 0.204 e. The predicted molar refractivity (Wildman–Crippen MR) is 79.4 cm³/mol. The standard InChI is InChI=1S/C13H5BrCl2FNS/c14-12-7(6-18)1-4-10(13(12)17)19-11-5-8(15)2-3-9(11)16/h1-5H. The van der Waals surface area contributed by atoms with Gasteiger partial charge in [0.2, 0.25) is 0 Å². The fraction of sp³-hybridized carbons (Fsp3) is 0. The average molecular weight is 377 g/mol. The van der Waals surface area contributed by atoms with Gasteiger partial charge in [-0.15, -0.1) is 0 Å². The molecule has 0 saturated heterocycles. The highest BCUT2D eigenvalue weighted by Gasteiger charge is 2.13. The minimum atomic E-state index is -0.486. The highest BCUT2D eigenvalue weighted by Crippen LogP contribution is 2.38. The zero-order chi connectivity index (χ0) is 14.0. The summed E-state index contributed by atoms with van der Waals surface area (Å²) in [4.78, 5) is 1.03. The lowest BCUT2D eigenvalue weighted by atomic mass is 10.2. The van der Waals surface area contributed by atoms with Crippen molar-refractivity contribution in [3.8, 4) is 6.07 Å². The van der Waals surface area contributed by atoms with Gasteiger partial charge in [0.05, 0.1) is 15.1 Å². The lowest BCUT2D eigenvalue weighted by Gasteiger charge is -2.07. The lowest BCUT2D eigenvalue weighted by Crippen LogP contribution is -1.88.